The fraction of sp³-hybridized carbons (Fsp3) is 0.588. The van der Waals surface area contributed by atoms with E-state index in [0.29, 0.717) is 25.5 Å². The van der Waals surface area contributed by atoms with E-state index in [0.717, 1.165) is 24.3 Å². The van der Waals surface area contributed by atoms with E-state index < -0.39 is 0 Å². The van der Waals surface area contributed by atoms with Gasteiger partial charge in [0.25, 0.3) is 0 Å². The fourth-order valence-electron chi connectivity index (χ4n) is 2.26. The van der Waals surface area contributed by atoms with E-state index in [1.54, 1.807) is 0 Å². The molecule has 0 heterocycles. The molecule has 4 nitrogen and oxygen atoms in total. The lowest BCUT2D eigenvalue weighted by Crippen LogP contribution is -2.23. The van der Waals surface area contributed by atoms with E-state index in [2.05, 4.69) is 26.1 Å². The molecular formula is C17H28N2O2. The van der Waals surface area contributed by atoms with Crippen molar-refractivity contribution in [2.75, 3.05) is 18.5 Å². The lowest BCUT2D eigenvalue weighted by atomic mass is 9.94. The number of nitrogens with two attached hydrogens (primary N) is 1. The van der Waals surface area contributed by atoms with Gasteiger partial charge >= 0.3 is 0 Å². The van der Waals surface area contributed by atoms with Crippen molar-refractivity contribution < 1.29 is 9.53 Å². The number of carbonyl (C=O) groups excluding carboxylic acids is 1. The van der Waals surface area contributed by atoms with Gasteiger partial charge in [0.05, 0.1) is 6.61 Å². The minimum atomic E-state index is 0.0216. The average molecular weight is 292 g/mol. The van der Waals surface area contributed by atoms with Gasteiger partial charge in [0.2, 0.25) is 5.91 Å². The number of hydrogen-bond acceptors (Lipinski definition) is 3. The van der Waals surface area contributed by atoms with Crippen LogP contribution in [0.4, 0.5) is 5.69 Å². The Morgan fingerprint density at radius 2 is 1.95 bits per heavy atom. The molecule has 0 spiro atoms. The Bertz CT molecular complexity index is 415. The summed E-state index contributed by atoms with van der Waals surface area (Å²) in [5.41, 5.74) is 6.53. The van der Waals surface area contributed by atoms with E-state index in [1.165, 1.54) is 0 Å². The predicted molar refractivity (Wildman–Crippen MR) is 87.5 cm³/mol. The largest absolute Gasteiger partial charge is 0.494 e. The number of carbonyl (C=O) groups is 1. The molecule has 1 aromatic carbocycles. The summed E-state index contributed by atoms with van der Waals surface area (Å²) in [7, 11) is 0. The van der Waals surface area contributed by atoms with Crippen molar-refractivity contribution in [3.8, 4) is 5.75 Å². The Labute approximate surface area is 128 Å². The number of hydrogen-bond donors (Lipinski definition) is 2. The van der Waals surface area contributed by atoms with E-state index >= 15 is 0 Å². The second-order valence-corrected chi connectivity index (χ2v) is 5.86. The number of benzene rings is 1. The maximum absolute atomic E-state index is 12.0. The molecule has 118 valence electrons. The van der Waals surface area contributed by atoms with Crippen molar-refractivity contribution in [2.45, 2.75) is 40.0 Å². The first-order chi connectivity index (χ1) is 10.0. The van der Waals surface area contributed by atoms with E-state index in [-0.39, 0.29) is 11.8 Å². The van der Waals surface area contributed by atoms with E-state index in [9.17, 15) is 4.79 Å². The zero-order chi connectivity index (χ0) is 15.7. The molecule has 1 amide bonds. The normalized spacial score (nSPS) is 12.2. The molecule has 0 bridgehead atoms. The van der Waals surface area contributed by atoms with Gasteiger partial charge in [-0.25, -0.2) is 0 Å². The van der Waals surface area contributed by atoms with Crippen molar-refractivity contribution in [3.05, 3.63) is 24.3 Å². The van der Waals surface area contributed by atoms with Gasteiger partial charge in [-0.3, -0.25) is 4.79 Å². The van der Waals surface area contributed by atoms with Gasteiger partial charge < -0.3 is 15.8 Å². The van der Waals surface area contributed by atoms with Crippen molar-refractivity contribution in [3.63, 3.8) is 0 Å². The van der Waals surface area contributed by atoms with Gasteiger partial charge in [0, 0.05) is 12.1 Å². The van der Waals surface area contributed by atoms with Crippen LogP contribution in [0, 0.1) is 11.8 Å². The monoisotopic (exact) mass is 292 g/mol. The van der Waals surface area contributed by atoms with Crippen LogP contribution in [-0.2, 0) is 4.79 Å². The fourth-order valence-corrected chi connectivity index (χ4v) is 2.26. The highest BCUT2D eigenvalue weighted by atomic mass is 16.5. The summed E-state index contributed by atoms with van der Waals surface area (Å²) in [6.07, 6.45) is 2.44. The third kappa shape index (κ3) is 7.14. The van der Waals surface area contributed by atoms with Crippen LogP contribution in [0.3, 0.4) is 0 Å². The predicted octanol–water partition coefficient (Wildman–Crippen LogP) is 3.43. The van der Waals surface area contributed by atoms with Gasteiger partial charge in [-0.1, -0.05) is 20.8 Å². The third-order valence-electron chi connectivity index (χ3n) is 3.22. The van der Waals surface area contributed by atoms with E-state index in [1.807, 2.05) is 24.3 Å². The number of nitrogens with one attached hydrogen (secondary N) is 1. The van der Waals surface area contributed by atoms with Crippen molar-refractivity contribution in [1.29, 1.82) is 0 Å². The molecule has 1 aromatic rings. The molecule has 1 atom stereocenters. The van der Waals surface area contributed by atoms with Gasteiger partial charge in [-0.05, 0) is 55.5 Å². The molecule has 0 saturated carbocycles. The Hall–Kier alpha value is -1.55. The first kappa shape index (κ1) is 17.5. The van der Waals surface area contributed by atoms with Crippen molar-refractivity contribution in [2.24, 2.45) is 17.6 Å². The molecule has 0 aliphatic carbocycles. The molecule has 3 N–H and O–H groups in total. The number of rotatable bonds is 9. The molecule has 0 aromatic heterocycles. The van der Waals surface area contributed by atoms with Crippen LogP contribution >= 0.6 is 0 Å². The van der Waals surface area contributed by atoms with Crippen molar-refractivity contribution >= 4 is 11.6 Å². The molecule has 0 unspecified atom stereocenters. The van der Waals surface area contributed by atoms with Crippen LogP contribution in [0.15, 0.2) is 24.3 Å². The van der Waals surface area contributed by atoms with Gasteiger partial charge in [0.15, 0.2) is 0 Å². The summed E-state index contributed by atoms with van der Waals surface area (Å²) < 4.78 is 5.51. The Morgan fingerprint density at radius 3 is 2.48 bits per heavy atom. The highest BCUT2D eigenvalue weighted by molar-refractivity contribution is 5.90. The number of anilines is 1. The molecule has 0 aliphatic rings. The topological polar surface area (TPSA) is 64.3 Å². The summed E-state index contributed by atoms with van der Waals surface area (Å²) in [5.74, 6) is 1.65. The lowest BCUT2D eigenvalue weighted by molar-refractivity contribution is -0.117. The maximum atomic E-state index is 12.0. The van der Waals surface area contributed by atoms with Gasteiger partial charge in [-0.15, -0.1) is 0 Å². The van der Waals surface area contributed by atoms with Gasteiger partial charge in [-0.2, -0.15) is 0 Å². The summed E-state index contributed by atoms with van der Waals surface area (Å²) in [5, 5.41) is 2.91. The molecule has 0 radical (unpaired) electrons. The summed E-state index contributed by atoms with van der Waals surface area (Å²) in [4.78, 5) is 12.0. The van der Waals surface area contributed by atoms with Crippen LogP contribution in [0.1, 0.15) is 40.0 Å². The SMILES string of the molecule is CCCOc1ccc(NC(=O)C[C@@H](CN)CC(C)C)cc1. The van der Waals surface area contributed by atoms with Crippen LogP contribution in [0.2, 0.25) is 0 Å². The van der Waals surface area contributed by atoms with Crippen LogP contribution in [0.5, 0.6) is 5.75 Å². The van der Waals surface area contributed by atoms with Crippen LogP contribution < -0.4 is 15.8 Å². The lowest BCUT2D eigenvalue weighted by Gasteiger charge is -2.16. The van der Waals surface area contributed by atoms with Crippen LogP contribution in [-0.4, -0.2) is 19.1 Å². The molecule has 4 heteroatoms. The first-order valence-corrected chi connectivity index (χ1v) is 7.77. The number of amides is 1. The summed E-state index contributed by atoms with van der Waals surface area (Å²) >= 11 is 0. The Kier molecular flexibility index (Phi) is 7.83. The smallest absolute Gasteiger partial charge is 0.224 e. The highest BCUT2D eigenvalue weighted by Crippen LogP contribution is 2.18. The standard InChI is InChI=1S/C17H28N2O2/c1-4-9-21-16-7-5-15(6-8-16)19-17(20)11-14(12-18)10-13(2)3/h5-8,13-14H,4,9-12,18H2,1-3H3,(H,19,20)/t14-/m0/s1. The average Bonchev–Trinajstić information content (AvgIpc) is 2.45. The molecule has 1 rings (SSSR count). The zero-order valence-corrected chi connectivity index (χ0v) is 13.4. The summed E-state index contributed by atoms with van der Waals surface area (Å²) in [6.45, 7) is 7.62. The molecule has 0 saturated heterocycles. The second-order valence-electron chi connectivity index (χ2n) is 5.86. The first-order valence-electron chi connectivity index (χ1n) is 7.77. The minimum Gasteiger partial charge on any atom is -0.494 e. The third-order valence-corrected chi connectivity index (χ3v) is 3.22. The molecule has 0 fully saturated rings. The second kappa shape index (κ2) is 9.40. The minimum absolute atomic E-state index is 0.0216. The van der Waals surface area contributed by atoms with Gasteiger partial charge in [0.1, 0.15) is 5.75 Å². The van der Waals surface area contributed by atoms with E-state index in [4.69, 9.17) is 10.5 Å². The Balaban J connectivity index is 2.46. The van der Waals surface area contributed by atoms with Crippen LogP contribution in [0.25, 0.3) is 0 Å². The van der Waals surface area contributed by atoms with Crippen molar-refractivity contribution in [1.82, 2.24) is 0 Å². The zero-order valence-electron chi connectivity index (χ0n) is 13.4. The maximum Gasteiger partial charge on any atom is 0.224 e. The number of ether oxygens (including phenoxy) is 1. The molecule has 0 aliphatic heterocycles. The summed E-state index contributed by atoms with van der Waals surface area (Å²) in [6, 6.07) is 7.48. The quantitative estimate of drug-likeness (QED) is 0.733. The molecular weight excluding hydrogens is 264 g/mol. The molecule has 21 heavy (non-hydrogen) atoms. The highest BCUT2D eigenvalue weighted by Gasteiger charge is 2.14. The Morgan fingerprint density at radius 1 is 1.29 bits per heavy atom.